The smallest absolute Gasteiger partial charge is 0.243 e. The minimum atomic E-state index is -3.44. The summed E-state index contributed by atoms with van der Waals surface area (Å²) in [5.41, 5.74) is -0.222. The molecule has 1 spiro atoms. The van der Waals surface area contributed by atoms with E-state index in [-0.39, 0.29) is 5.60 Å². The van der Waals surface area contributed by atoms with Gasteiger partial charge in [-0.1, -0.05) is 0 Å². The Kier molecular flexibility index (Phi) is 3.43. The first kappa shape index (κ1) is 14.5. The highest BCUT2D eigenvalue weighted by molar-refractivity contribution is 7.89. The van der Waals surface area contributed by atoms with Gasteiger partial charge in [0.15, 0.2) is 0 Å². The highest BCUT2D eigenvalue weighted by Gasteiger charge is 2.45. The van der Waals surface area contributed by atoms with Crippen LogP contribution >= 0.6 is 0 Å². The molecule has 3 fully saturated rings. The molecule has 5 nitrogen and oxygen atoms in total. The fraction of sp³-hybridized carbons (Fsp3) is 0.625. The predicted molar refractivity (Wildman–Crippen MR) is 81.4 cm³/mol. The van der Waals surface area contributed by atoms with Crippen LogP contribution in [0.15, 0.2) is 29.2 Å². The lowest BCUT2D eigenvalue weighted by Gasteiger charge is -2.47. The Morgan fingerprint density at radius 2 is 1.91 bits per heavy atom. The largest absolute Gasteiger partial charge is 0.490 e. The average Bonchev–Trinajstić information content (AvgIpc) is 3.30. The number of nitrogens with zero attached hydrogens (tertiary/aromatic N) is 1. The van der Waals surface area contributed by atoms with Crippen LogP contribution in [0.25, 0.3) is 0 Å². The average molecular weight is 323 g/mol. The molecule has 0 radical (unpaired) electrons. The minimum absolute atomic E-state index is 0.222. The molecule has 22 heavy (non-hydrogen) atoms. The Balaban J connectivity index is 1.51. The number of morpholine rings is 1. The molecular formula is C16H21NO4S. The predicted octanol–water partition coefficient (Wildman–Crippen LogP) is 2.17. The lowest BCUT2D eigenvalue weighted by molar-refractivity contribution is -0.135. The molecule has 1 aliphatic heterocycles. The van der Waals surface area contributed by atoms with Crippen LogP contribution in [0.1, 0.15) is 32.1 Å². The summed E-state index contributed by atoms with van der Waals surface area (Å²) >= 11 is 0. The van der Waals surface area contributed by atoms with E-state index in [4.69, 9.17) is 9.47 Å². The highest BCUT2D eigenvalue weighted by atomic mass is 32.2. The zero-order valence-corrected chi connectivity index (χ0v) is 13.3. The molecule has 1 heterocycles. The van der Waals surface area contributed by atoms with Gasteiger partial charge < -0.3 is 9.47 Å². The van der Waals surface area contributed by atoms with Crippen LogP contribution in [-0.4, -0.2) is 44.1 Å². The topological polar surface area (TPSA) is 55.8 Å². The van der Waals surface area contributed by atoms with Gasteiger partial charge in [0.2, 0.25) is 10.0 Å². The van der Waals surface area contributed by atoms with Crippen molar-refractivity contribution in [2.75, 3.05) is 19.7 Å². The van der Waals surface area contributed by atoms with Gasteiger partial charge in [0.05, 0.1) is 23.2 Å². The fourth-order valence-electron chi connectivity index (χ4n) is 3.11. The molecule has 0 aromatic heterocycles. The highest BCUT2D eigenvalue weighted by Crippen LogP contribution is 2.39. The van der Waals surface area contributed by atoms with Gasteiger partial charge in [-0.3, -0.25) is 0 Å². The summed E-state index contributed by atoms with van der Waals surface area (Å²) in [6.45, 7) is 1.40. The molecule has 1 aromatic rings. The minimum Gasteiger partial charge on any atom is -0.490 e. The van der Waals surface area contributed by atoms with Gasteiger partial charge in [-0.2, -0.15) is 4.31 Å². The van der Waals surface area contributed by atoms with Gasteiger partial charge in [0.25, 0.3) is 0 Å². The van der Waals surface area contributed by atoms with E-state index >= 15 is 0 Å². The Hall–Kier alpha value is -1.11. The third-order valence-corrected chi connectivity index (χ3v) is 6.63. The maximum Gasteiger partial charge on any atom is 0.243 e. The van der Waals surface area contributed by atoms with Gasteiger partial charge >= 0.3 is 0 Å². The molecule has 0 amide bonds. The van der Waals surface area contributed by atoms with Crippen molar-refractivity contribution in [3.8, 4) is 5.75 Å². The summed E-state index contributed by atoms with van der Waals surface area (Å²) in [5.74, 6) is 0.749. The van der Waals surface area contributed by atoms with E-state index in [9.17, 15) is 8.42 Å². The van der Waals surface area contributed by atoms with Crippen molar-refractivity contribution in [3.05, 3.63) is 24.3 Å². The van der Waals surface area contributed by atoms with E-state index in [1.165, 1.54) is 0 Å². The summed E-state index contributed by atoms with van der Waals surface area (Å²) in [4.78, 5) is 0.340. The van der Waals surface area contributed by atoms with Crippen molar-refractivity contribution in [3.63, 3.8) is 0 Å². The van der Waals surface area contributed by atoms with E-state index in [0.717, 1.165) is 37.9 Å². The molecule has 1 aromatic carbocycles. The van der Waals surface area contributed by atoms with Crippen LogP contribution in [0.4, 0.5) is 0 Å². The maximum absolute atomic E-state index is 12.8. The molecule has 4 rings (SSSR count). The van der Waals surface area contributed by atoms with Crippen molar-refractivity contribution in [1.82, 2.24) is 4.31 Å². The van der Waals surface area contributed by atoms with Gasteiger partial charge in [-0.05, 0) is 56.4 Å². The molecule has 6 heteroatoms. The lowest BCUT2D eigenvalue weighted by Crippen LogP contribution is -2.56. The number of rotatable bonds is 4. The SMILES string of the molecule is O=S(=O)(c1ccc(OC2CC2)cc1)N1CCOC2(CCC2)C1. The van der Waals surface area contributed by atoms with Gasteiger partial charge in [-0.15, -0.1) is 0 Å². The second-order valence-electron chi connectivity index (χ2n) is 6.51. The molecule has 0 unspecified atom stereocenters. The molecule has 2 aliphatic carbocycles. The fourth-order valence-corrected chi connectivity index (χ4v) is 4.60. The summed E-state index contributed by atoms with van der Waals surface area (Å²) < 4.78 is 38.6. The first-order valence-corrected chi connectivity index (χ1v) is 9.42. The normalized spacial score (nSPS) is 24.9. The van der Waals surface area contributed by atoms with Gasteiger partial charge in [-0.25, -0.2) is 8.42 Å². The quantitative estimate of drug-likeness (QED) is 0.852. The second-order valence-corrected chi connectivity index (χ2v) is 8.45. The second kappa shape index (κ2) is 5.22. The van der Waals surface area contributed by atoms with E-state index in [0.29, 0.717) is 30.7 Å². The molecule has 1 saturated heterocycles. The van der Waals surface area contributed by atoms with Gasteiger partial charge in [0, 0.05) is 13.1 Å². The summed E-state index contributed by atoms with van der Waals surface area (Å²) in [7, 11) is -3.44. The van der Waals surface area contributed by atoms with Crippen LogP contribution in [0.5, 0.6) is 5.75 Å². The third-order valence-electron chi connectivity index (χ3n) is 4.77. The molecule has 120 valence electrons. The van der Waals surface area contributed by atoms with Crippen LogP contribution < -0.4 is 4.74 Å². The lowest BCUT2D eigenvalue weighted by atomic mass is 9.79. The number of ether oxygens (including phenoxy) is 2. The van der Waals surface area contributed by atoms with Crippen LogP contribution in [0.3, 0.4) is 0 Å². The standard InChI is InChI=1S/C16H21NO4S/c18-22(19,17-10-11-20-16(12-17)8-1-9-16)15-6-4-14(5-7-15)21-13-2-3-13/h4-7,13H,1-3,8-12H2. The van der Waals surface area contributed by atoms with E-state index in [1.807, 2.05) is 0 Å². The van der Waals surface area contributed by atoms with Gasteiger partial charge in [0.1, 0.15) is 5.75 Å². The molecule has 0 bridgehead atoms. The summed E-state index contributed by atoms with van der Waals surface area (Å²) in [5, 5.41) is 0. The number of hydrogen-bond donors (Lipinski definition) is 0. The number of hydrogen-bond acceptors (Lipinski definition) is 4. The Bertz CT molecular complexity index is 647. The maximum atomic E-state index is 12.8. The molecule has 0 atom stereocenters. The first-order chi connectivity index (χ1) is 10.6. The van der Waals surface area contributed by atoms with E-state index < -0.39 is 10.0 Å². The van der Waals surface area contributed by atoms with Crippen molar-refractivity contribution < 1.29 is 17.9 Å². The van der Waals surface area contributed by atoms with E-state index in [2.05, 4.69) is 0 Å². The first-order valence-electron chi connectivity index (χ1n) is 7.98. The zero-order valence-electron chi connectivity index (χ0n) is 12.5. The third kappa shape index (κ3) is 2.64. The van der Waals surface area contributed by atoms with Crippen molar-refractivity contribution in [2.24, 2.45) is 0 Å². The van der Waals surface area contributed by atoms with Crippen molar-refractivity contribution >= 4 is 10.0 Å². The zero-order chi connectivity index (χ0) is 15.2. The molecule has 0 N–H and O–H groups in total. The number of sulfonamides is 1. The number of benzene rings is 1. The van der Waals surface area contributed by atoms with Crippen LogP contribution in [0, 0.1) is 0 Å². The molecular weight excluding hydrogens is 302 g/mol. The molecule has 3 aliphatic rings. The van der Waals surface area contributed by atoms with Crippen molar-refractivity contribution in [2.45, 2.75) is 48.7 Å². The van der Waals surface area contributed by atoms with Crippen molar-refractivity contribution in [1.29, 1.82) is 0 Å². The van der Waals surface area contributed by atoms with Crippen LogP contribution in [0.2, 0.25) is 0 Å². The van der Waals surface area contributed by atoms with E-state index in [1.54, 1.807) is 28.6 Å². The summed E-state index contributed by atoms with van der Waals surface area (Å²) in [6.07, 6.45) is 5.56. The Morgan fingerprint density at radius 3 is 2.50 bits per heavy atom. The molecule has 2 saturated carbocycles. The van der Waals surface area contributed by atoms with Crippen LogP contribution in [-0.2, 0) is 14.8 Å². The monoisotopic (exact) mass is 323 g/mol. The Morgan fingerprint density at radius 1 is 1.18 bits per heavy atom. The Labute approximate surface area is 131 Å². The summed E-state index contributed by atoms with van der Waals surface area (Å²) in [6, 6.07) is 6.81.